The van der Waals surface area contributed by atoms with Crippen molar-refractivity contribution in [3.63, 3.8) is 0 Å². The van der Waals surface area contributed by atoms with Crippen molar-refractivity contribution in [3.05, 3.63) is 41.9 Å². The van der Waals surface area contributed by atoms with E-state index >= 15 is 0 Å². The van der Waals surface area contributed by atoms with Crippen LogP contribution in [0.3, 0.4) is 0 Å². The van der Waals surface area contributed by atoms with Crippen LogP contribution in [0.5, 0.6) is 0 Å². The number of aryl methyl sites for hydroxylation is 1. The predicted octanol–water partition coefficient (Wildman–Crippen LogP) is 0.166. The standard InChI is InChI=1S/C11H11N5O2/c1-16-10(8(6-14-16)9(12)17)15-11(18)7-3-2-4-13-5-7/h2-6H,1H3,(H2,12,17)(H,15,18). The molecule has 0 spiro atoms. The van der Waals surface area contributed by atoms with E-state index in [0.29, 0.717) is 5.56 Å². The summed E-state index contributed by atoms with van der Waals surface area (Å²) in [5.74, 6) is -0.768. The zero-order valence-corrected chi connectivity index (χ0v) is 9.62. The summed E-state index contributed by atoms with van der Waals surface area (Å²) in [6.45, 7) is 0. The molecule has 2 aromatic rings. The second-order valence-corrected chi connectivity index (χ2v) is 3.59. The summed E-state index contributed by atoms with van der Waals surface area (Å²) in [5, 5.41) is 6.45. The number of hydrogen-bond acceptors (Lipinski definition) is 4. The molecule has 3 N–H and O–H groups in total. The lowest BCUT2D eigenvalue weighted by Gasteiger charge is -2.06. The highest BCUT2D eigenvalue weighted by atomic mass is 16.2. The van der Waals surface area contributed by atoms with Gasteiger partial charge in [-0.3, -0.25) is 19.3 Å². The van der Waals surface area contributed by atoms with Crippen LogP contribution in [-0.4, -0.2) is 26.6 Å². The number of nitrogens with one attached hydrogen (secondary N) is 1. The average Bonchev–Trinajstić information content (AvgIpc) is 2.72. The van der Waals surface area contributed by atoms with Gasteiger partial charge in [-0.15, -0.1) is 0 Å². The Bertz CT molecular complexity index is 591. The van der Waals surface area contributed by atoms with Gasteiger partial charge in [-0.05, 0) is 12.1 Å². The minimum atomic E-state index is -0.649. The molecule has 0 aliphatic heterocycles. The number of carbonyl (C=O) groups is 2. The fourth-order valence-electron chi connectivity index (χ4n) is 1.44. The largest absolute Gasteiger partial charge is 0.365 e. The molecule has 0 saturated heterocycles. The molecular weight excluding hydrogens is 234 g/mol. The number of nitrogens with zero attached hydrogens (tertiary/aromatic N) is 3. The molecule has 0 fully saturated rings. The van der Waals surface area contributed by atoms with Gasteiger partial charge in [-0.25, -0.2) is 0 Å². The lowest BCUT2D eigenvalue weighted by Crippen LogP contribution is -2.19. The van der Waals surface area contributed by atoms with Crippen molar-refractivity contribution in [2.45, 2.75) is 0 Å². The average molecular weight is 245 g/mol. The highest BCUT2D eigenvalue weighted by molar-refractivity contribution is 6.07. The lowest BCUT2D eigenvalue weighted by molar-refractivity contribution is 0.100. The van der Waals surface area contributed by atoms with Crippen molar-refractivity contribution in [2.24, 2.45) is 12.8 Å². The maximum atomic E-state index is 11.9. The molecule has 0 bridgehead atoms. The van der Waals surface area contributed by atoms with Crippen LogP contribution in [-0.2, 0) is 7.05 Å². The Morgan fingerprint density at radius 3 is 2.78 bits per heavy atom. The number of amides is 2. The number of rotatable bonds is 3. The van der Waals surface area contributed by atoms with E-state index in [1.807, 2.05) is 0 Å². The number of nitrogens with two attached hydrogens (primary N) is 1. The number of pyridine rings is 1. The van der Waals surface area contributed by atoms with Gasteiger partial charge in [0.15, 0.2) is 0 Å². The maximum Gasteiger partial charge on any atom is 0.258 e. The number of carbonyl (C=O) groups excluding carboxylic acids is 2. The Morgan fingerprint density at radius 2 is 2.17 bits per heavy atom. The van der Waals surface area contributed by atoms with Gasteiger partial charge >= 0.3 is 0 Å². The van der Waals surface area contributed by atoms with Crippen LogP contribution in [0.2, 0.25) is 0 Å². The van der Waals surface area contributed by atoms with E-state index in [1.165, 1.54) is 17.1 Å². The molecule has 18 heavy (non-hydrogen) atoms. The minimum Gasteiger partial charge on any atom is -0.365 e. The van der Waals surface area contributed by atoms with E-state index in [-0.39, 0.29) is 17.3 Å². The van der Waals surface area contributed by atoms with Crippen molar-refractivity contribution in [2.75, 3.05) is 5.32 Å². The van der Waals surface area contributed by atoms with Crippen LogP contribution < -0.4 is 11.1 Å². The zero-order chi connectivity index (χ0) is 13.1. The molecule has 0 aliphatic rings. The first-order valence-electron chi connectivity index (χ1n) is 5.13. The number of anilines is 1. The van der Waals surface area contributed by atoms with Crippen LogP contribution >= 0.6 is 0 Å². The number of aromatic nitrogens is 3. The van der Waals surface area contributed by atoms with Crippen LogP contribution in [0.25, 0.3) is 0 Å². The number of primary amides is 1. The lowest BCUT2D eigenvalue weighted by atomic mass is 10.2. The van der Waals surface area contributed by atoms with E-state index in [4.69, 9.17) is 5.73 Å². The molecule has 2 aromatic heterocycles. The van der Waals surface area contributed by atoms with Crippen molar-refractivity contribution in [1.29, 1.82) is 0 Å². The molecule has 2 amide bonds. The molecule has 0 atom stereocenters. The molecule has 0 aromatic carbocycles. The Hall–Kier alpha value is -2.70. The van der Waals surface area contributed by atoms with Crippen LogP contribution in [0, 0.1) is 0 Å². The van der Waals surface area contributed by atoms with Gasteiger partial charge in [0.2, 0.25) is 0 Å². The Kier molecular flexibility index (Phi) is 3.05. The zero-order valence-electron chi connectivity index (χ0n) is 9.62. The van der Waals surface area contributed by atoms with E-state index < -0.39 is 5.91 Å². The van der Waals surface area contributed by atoms with Gasteiger partial charge in [0.1, 0.15) is 11.4 Å². The van der Waals surface area contributed by atoms with Crippen molar-refractivity contribution in [1.82, 2.24) is 14.8 Å². The first-order chi connectivity index (χ1) is 8.59. The van der Waals surface area contributed by atoms with E-state index in [9.17, 15) is 9.59 Å². The quantitative estimate of drug-likeness (QED) is 0.804. The van der Waals surface area contributed by atoms with E-state index in [2.05, 4.69) is 15.4 Å². The molecule has 7 nitrogen and oxygen atoms in total. The first kappa shape index (κ1) is 11.8. The molecule has 7 heteroatoms. The topological polar surface area (TPSA) is 103 Å². The van der Waals surface area contributed by atoms with Gasteiger partial charge in [-0.2, -0.15) is 5.10 Å². The fraction of sp³-hybridized carbons (Fsp3) is 0.0909. The highest BCUT2D eigenvalue weighted by Crippen LogP contribution is 2.14. The summed E-state index contributed by atoms with van der Waals surface area (Å²) in [5.41, 5.74) is 5.73. The third-order valence-corrected chi connectivity index (χ3v) is 2.36. The van der Waals surface area contributed by atoms with Crippen LogP contribution in [0.1, 0.15) is 20.7 Å². The fourth-order valence-corrected chi connectivity index (χ4v) is 1.44. The van der Waals surface area contributed by atoms with E-state index in [1.54, 1.807) is 25.4 Å². The minimum absolute atomic E-state index is 0.162. The van der Waals surface area contributed by atoms with Gasteiger partial charge in [0.05, 0.1) is 11.8 Å². The Morgan fingerprint density at radius 1 is 1.39 bits per heavy atom. The monoisotopic (exact) mass is 245 g/mol. The summed E-state index contributed by atoms with van der Waals surface area (Å²) in [6, 6.07) is 3.26. The maximum absolute atomic E-state index is 11.9. The van der Waals surface area contributed by atoms with Gasteiger partial charge < -0.3 is 11.1 Å². The molecule has 2 heterocycles. The van der Waals surface area contributed by atoms with Gasteiger partial charge in [0, 0.05) is 19.4 Å². The molecule has 92 valence electrons. The SMILES string of the molecule is Cn1ncc(C(N)=O)c1NC(=O)c1cccnc1. The molecule has 0 saturated carbocycles. The number of hydrogen-bond donors (Lipinski definition) is 2. The second-order valence-electron chi connectivity index (χ2n) is 3.59. The summed E-state index contributed by atoms with van der Waals surface area (Å²) in [6.07, 6.45) is 4.30. The van der Waals surface area contributed by atoms with Crippen molar-refractivity contribution in [3.8, 4) is 0 Å². The van der Waals surface area contributed by atoms with Crippen molar-refractivity contribution >= 4 is 17.6 Å². The third kappa shape index (κ3) is 2.19. The first-order valence-corrected chi connectivity index (χ1v) is 5.13. The van der Waals surface area contributed by atoms with Gasteiger partial charge in [-0.1, -0.05) is 0 Å². The molecule has 0 aliphatic carbocycles. The second kappa shape index (κ2) is 4.66. The highest BCUT2D eigenvalue weighted by Gasteiger charge is 2.16. The summed E-state index contributed by atoms with van der Waals surface area (Å²) in [7, 11) is 1.60. The molecular formula is C11H11N5O2. The molecule has 2 rings (SSSR count). The van der Waals surface area contributed by atoms with Crippen molar-refractivity contribution < 1.29 is 9.59 Å². The van der Waals surface area contributed by atoms with Gasteiger partial charge in [0.25, 0.3) is 11.8 Å². The Labute approximate surface area is 103 Å². The molecule has 0 radical (unpaired) electrons. The third-order valence-electron chi connectivity index (χ3n) is 2.36. The summed E-state index contributed by atoms with van der Waals surface area (Å²) < 4.78 is 1.37. The smallest absolute Gasteiger partial charge is 0.258 e. The van der Waals surface area contributed by atoms with Crippen LogP contribution in [0.15, 0.2) is 30.7 Å². The molecule has 0 unspecified atom stereocenters. The Balaban J connectivity index is 2.27. The normalized spacial score (nSPS) is 10.1. The summed E-state index contributed by atoms with van der Waals surface area (Å²) in [4.78, 5) is 26.9. The van der Waals surface area contributed by atoms with Crippen LogP contribution in [0.4, 0.5) is 5.82 Å². The predicted molar refractivity (Wildman–Crippen MR) is 63.9 cm³/mol. The van der Waals surface area contributed by atoms with E-state index in [0.717, 1.165) is 0 Å². The summed E-state index contributed by atoms with van der Waals surface area (Å²) >= 11 is 0.